The monoisotopic (exact) mass is 370 g/mol. The number of ether oxygens (including phenoxy) is 1. The van der Waals surface area contributed by atoms with E-state index in [0.717, 1.165) is 49.1 Å². The highest BCUT2D eigenvalue weighted by molar-refractivity contribution is 5.87. The van der Waals surface area contributed by atoms with Crippen LogP contribution in [0.2, 0.25) is 0 Å². The van der Waals surface area contributed by atoms with Gasteiger partial charge < -0.3 is 15.0 Å². The maximum Gasteiger partial charge on any atom is 0.239 e. The highest BCUT2D eigenvalue weighted by Gasteiger charge is 2.32. The zero-order valence-corrected chi connectivity index (χ0v) is 16.4. The molecule has 1 aliphatic carbocycles. The summed E-state index contributed by atoms with van der Waals surface area (Å²) in [6.45, 7) is 4.42. The molecule has 0 radical (unpaired) electrons. The van der Waals surface area contributed by atoms with Crippen LogP contribution in [0, 0.1) is 5.92 Å². The third-order valence-corrected chi connectivity index (χ3v) is 5.79. The molecule has 1 aliphatic heterocycles. The fraction of sp³-hybridized carbons (Fsp3) is 0.571. The summed E-state index contributed by atoms with van der Waals surface area (Å²) in [5, 5.41) is 4.49. The van der Waals surface area contributed by atoms with Gasteiger partial charge >= 0.3 is 0 Å². The summed E-state index contributed by atoms with van der Waals surface area (Å²) in [4.78, 5) is 16.4. The molecule has 6 heteroatoms. The number of hydrazine groups is 1. The third kappa shape index (κ3) is 3.69. The van der Waals surface area contributed by atoms with Crippen LogP contribution in [0.1, 0.15) is 56.8 Å². The van der Waals surface area contributed by atoms with E-state index in [1.54, 1.807) is 7.11 Å². The van der Waals surface area contributed by atoms with Gasteiger partial charge in [-0.25, -0.2) is 5.43 Å². The van der Waals surface area contributed by atoms with Crippen molar-refractivity contribution in [3.8, 4) is 5.75 Å². The molecule has 3 atom stereocenters. The number of benzene rings is 1. The van der Waals surface area contributed by atoms with Gasteiger partial charge in [-0.15, -0.1) is 0 Å². The molecule has 0 bridgehead atoms. The zero-order chi connectivity index (χ0) is 19.0. The number of carbonyl (C=O) groups excluding carboxylic acids is 1. The molecular weight excluding hydrogens is 340 g/mol. The van der Waals surface area contributed by atoms with Crippen LogP contribution in [0.4, 0.5) is 0 Å². The molecule has 6 nitrogen and oxygen atoms in total. The molecule has 27 heavy (non-hydrogen) atoms. The second-order valence-corrected chi connectivity index (χ2v) is 8.29. The van der Waals surface area contributed by atoms with E-state index in [-0.39, 0.29) is 18.0 Å². The zero-order valence-electron chi connectivity index (χ0n) is 16.4. The molecule has 1 aromatic carbocycles. The van der Waals surface area contributed by atoms with Crippen LogP contribution in [0.5, 0.6) is 5.75 Å². The number of aromatic amines is 1. The van der Waals surface area contributed by atoms with Gasteiger partial charge in [0.05, 0.1) is 13.2 Å². The number of nitrogens with one attached hydrogen (secondary N) is 4. The third-order valence-electron chi connectivity index (χ3n) is 5.79. The number of carbonyl (C=O) groups is 1. The van der Waals surface area contributed by atoms with Gasteiger partial charge in [0.15, 0.2) is 0 Å². The van der Waals surface area contributed by atoms with Crippen LogP contribution in [-0.2, 0) is 11.2 Å². The Balaban J connectivity index is 1.49. The van der Waals surface area contributed by atoms with Crippen molar-refractivity contribution in [2.45, 2.75) is 64.1 Å². The van der Waals surface area contributed by atoms with Gasteiger partial charge in [-0.05, 0) is 61.8 Å². The first-order chi connectivity index (χ1) is 13.0. The number of methoxy groups -OCH3 is 1. The Morgan fingerprint density at radius 2 is 2.19 bits per heavy atom. The number of fused-ring (bicyclic) bond motifs is 3. The largest absolute Gasteiger partial charge is 0.497 e. The molecule has 2 heterocycles. The van der Waals surface area contributed by atoms with E-state index in [1.807, 2.05) is 6.07 Å². The molecule has 1 amide bonds. The average Bonchev–Trinajstić information content (AvgIpc) is 3.26. The molecule has 3 unspecified atom stereocenters. The Kier molecular flexibility index (Phi) is 5.10. The summed E-state index contributed by atoms with van der Waals surface area (Å²) in [6, 6.07) is 6.37. The quantitative estimate of drug-likeness (QED) is 0.653. The lowest BCUT2D eigenvalue weighted by Gasteiger charge is -2.25. The second-order valence-electron chi connectivity index (χ2n) is 8.29. The number of amides is 1. The van der Waals surface area contributed by atoms with Crippen molar-refractivity contribution in [3.63, 3.8) is 0 Å². The Bertz CT molecular complexity index is 829. The SMILES string of the molecule is COc1ccc2[nH]c3c(c2c1)CCCC3NC(=O)C1CC(CC(C)C)NN1. The molecule has 1 aromatic heterocycles. The molecular formula is C21H30N4O2. The Hall–Kier alpha value is -2.05. The number of H-pyrrole nitrogens is 1. The fourth-order valence-corrected chi connectivity index (χ4v) is 4.50. The Morgan fingerprint density at radius 3 is 2.96 bits per heavy atom. The van der Waals surface area contributed by atoms with Crippen LogP contribution >= 0.6 is 0 Å². The normalized spacial score (nSPS) is 25.0. The number of rotatable bonds is 5. The van der Waals surface area contributed by atoms with E-state index in [1.165, 1.54) is 10.9 Å². The standard InChI is InChI=1S/C21H30N4O2/c1-12(2)9-13-10-19(25-24-13)21(26)23-18-6-4-5-15-16-11-14(27-3)7-8-17(16)22-20(15)18/h7-8,11-13,18-19,22,24-25H,4-6,9-10H2,1-3H3,(H,23,26). The van der Waals surface area contributed by atoms with Crippen LogP contribution in [0.25, 0.3) is 10.9 Å². The van der Waals surface area contributed by atoms with Crippen molar-refractivity contribution < 1.29 is 9.53 Å². The topological polar surface area (TPSA) is 78.2 Å². The van der Waals surface area contributed by atoms with Gasteiger partial charge in [0.2, 0.25) is 5.91 Å². The smallest absolute Gasteiger partial charge is 0.239 e. The van der Waals surface area contributed by atoms with Crippen molar-refractivity contribution in [2.75, 3.05) is 7.11 Å². The lowest BCUT2D eigenvalue weighted by atomic mass is 9.91. The number of aryl methyl sites for hydroxylation is 1. The molecule has 0 spiro atoms. The number of hydrogen-bond acceptors (Lipinski definition) is 4. The maximum atomic E-state index is 12.8. The molecule has 0 saturated carbocycles. The molecule has 1 saturated heterocycles. The van der Waals surface area contributed by atoms with E-state index >= 15 is 0 Å². The van der Waals surface area contributed by atoms with Crippen LogP contribution in [0.3, 0.4) is 0 Å². The minimum Gasteiger partial charge on any atom is -0.497 e. The predicted octanol–water partition coefficient (Wildman–Crippen LogP) is 2.95. The van der Waals surface area contributed by atoms with Crippen molar-refractivity contribution >= 4 is 16.8 Å². The minimum absolute atomic E-state index is 0.0468. The summed E-state index contributed by atoms with van der Waals surface area (Å²) >= 11 is 0. The van der Waals surface area contributed by atoms with Crippen molar-refractivity contribution in [1.29, 1.82) is 0 Å². The highest BCUT2D eigenvalue weighted by atomic mass is 16.5. The number of aromatic nitrogens is 1. The molecule has 146 valence electrons. The van der Waals surface area contributed by atoms with E-state index < -0.39 is 0 Å². The fourth-order valence-electron chi connectivity index (χ4n) is 4.50. The van der Waals surface area contributed by atoms with Gasteiger partial charge in [0, 0.05) is 22.6 Å². The van der Waals surface area contributed by atoms with Crippen molar-refractivity contribution in [1.82, 2.24) is 21.2 Å². The second kappa shape index (κ2) is 7.52. The van der Waals surface area contributed by atoms with Gasteiger partial charge in [-0.1, -0.05) is 13.8 Å². The Labute approximate surface area is 160 Å². The lowest BCUT2D eigenvalue weighted by molar-refractivity contribution is -0.123. The van der Waals surface area contributed by atoms with E-state index in [9.17, 15) is 4.79 Å². The lowest BCUT2D eigenvalue weighted by Crippen LogP contribution is -2.45. The molecule has 1 fully saturated rings. The maximum absolute atomic E-state index is 12.8. The highest BCUT2D eigenvalue weighted by Crippen LogP contribution is 2.36. The molecule has 2 aromatic rings. The van der Waals surface area contributed by atoms with Gasteiger partial charge in [-0.3, -0.25) is 10.2 Å². The van der Waals surface area contributed by atoms with E-state index in [2.05, 4.69) is 47.1 Å². The average molecular weight is 370 g/mol. The van der Waals surface area contributed by atoms with Crippen molar-refractivity contribution in [3.05, 3.63) is 29.5 Å². The summed E-state index contributed by atoms with van der Waals surface area (Å²) in [5.41, 5.74) is 10.0. The van der Waals surface area contributed by atoms with Crippen LogP contribution < -0.4 is 20.9 Å². The van der Waals surface area contributed by atoms with Gasteiger partial charge in [-0.2, -0.15) is 0 Å². The van der Waals surface area contributed by atoms with Crippen molar-refractivity contribution in [2.24, 2.45) is 5.92 Å². The van der Waals surface area contributed by atoms with E-state index in [4.69, 9.17) is 4.74 Å². The first-order valence-electron chi connectivity index (χ1n) is 10.0. The summed E-state index contributed by atoms with van der Waals surface area (Å²) in [6.07, 6.45) is 5.00. The predicted molar refractivity (Wildman–Crippen MR) is 107 cm³/mol. The Morgan fingerprint density at radius 1 is 1.33 bits per heavy atom. The molecule has 2 aliphatic rings. The number of hydrogen-bond donors (Lipinski definition) is 4. The molecule has 4 rings (SSSR count). The van der Waals surface area contributed by atoms with Crippen LogP contribution in [0.15, 0.2) is 18.2 Å². The molecule has 4 N–H and O–H groups in total. The summed E-state index contributed by atoms with van der Waals surface area (Å²) in [5.74, 6) is 1.58. The summed E-state index contributed by atoms with van der Waals surface area (Å²) < 4.78 is 5.38. The van der Waals surface area contributed by atoms with Crippen LogP contribution in [-0.4, -0.2) is 30.1 Å². The van der Waals surface area contributed by atoms with Gasteiger partial charge in [0.1, 0.15) is 11.8 Å². The first-order valence-corrected chi connectivity index (χ1v) is 10.0. The minimum atomic E-state index is -0.163. The first kappa shape index (κ1) is 18.3. The summed E-state index contributed by atoms with van der Waals surface area (Å²) in [7, 11) is 1.69. The van der Waals surface area contributed by atoms with E-state index in [0.29, 0.717) is 12.0 Å². The van der Waals surface area contributed by atoms with Gasteiger partial charge in [0.25, 0.3) is 0 Å².